The lowest BCUT2D eigenvalue weighted by Gasteiger charge is -2.11. The van der Waals surface area contributed by atoms with Gasteiger partial charge in [-0.1, -0.05) is 15.9 Å². The fourth-order valence-corrected chi connectivity index (χ4v) is 3.38. The maximum Gasteiger partial charge on any atom is 0.277 e. The molecule has 0 aliphatic carbocycles. The molecular formula is C20H15BrN4O3. The molecule has 0 atom stereocenters. The maximum absolute atomic E-state index is 13.1. The second-order valence-electron chi connectivity index (χ2n) is 6.39. The predicted molar refractivity (Wildman–Crippen MR) is 109 cm³/mol. The van der Waals surface area contributed by atoms with Gasteiger partial charge in [-0.05, 0) is 49.4 Å². The second kappa shape index (κ2) is 6.72. The first-order valence-electron chi connectivity index (χ1n) is 8.45. The van der Waals surface area contributed by atoms with Crippen LogP contribution in [0.3, 0.4) is 0 Å². The number of ketones is 1. The van der Waals surface area contributed by atoms with Crippen molar-refractivity contribution in [2.45, 2.75) is 6.92 Å². The SMILES string of the molecule is Cc1nc2ccc(C(=O)c3c[nH]n(C)c3=O)cc2c(=O)n1-c1ccc(Br)cc1. The molecular weight excluding hydrogens is 424 g/mol. The van der Waals surface area contributed by atoms with E-state index in [4.69, 9.17) is 0 Å². The third-order valence-corrected chi connectivity index (χ3v) is 5.09. The number of aromatic amines is 1. The van der Waals surface area contributed by atoms with Crippen LogP contribution in [-0.4, -0.2) is 25.1 Å². The van der Waals surface area contributed by atoms with Crippen molar-refractivity contribution >= 4 is 32.6 Å². The average molecular weight is 439 g/mol. The van der Waals surface area contributed by atoms with E-state index in [0.29, 0.717) is 22.4 Å². The number of carbonyl (C=O) groups excluding carboxylic acids is 1. The highest BCUT2D eigenvalue weighted by Gasteiger charge is 2.18. The zero-order chi connectivity index (χ0) is 20.0. The second-order valence-corrected chi connectivity index (χ2v) is 7.30. The molecule has 8 heteroatoms. The summed E-state index contributed by atoms with van der Waals surface area (Å²) in [7, 11) is 1.53. The van der Waals surface area contributed by atoms with Crippen LogP contribution in [0.4, 0.5) is 0 Å². The van der Waals surface area contributed by atoms with Crippen LogP contribution in [-0.2, 0) is 7.05 Å². The molecule has 2 aromatic heterocycles. The zero-order valence-corrected chi connectivity index (χ0v) is 16.6. The van der Waals surface area contributed by atoms with E-state index >= 15 is 0 Å². The number of nitrogens with one attached hydrogen (secondary N) is 1. The van der Waals surface area contributed by atoms with Crippen molar-refractivity contribution in [2.24, 2.45) is 7.05 Å². The Hall–Kier alpha value is -3.26. The molecule has 2 heterocycles. The third kappa shape index (κ3) is 2.91. The monoisotopic (exact) mass is 438 g/mol. The lowest BCUT2D eigenvalue weighted by atomic mass is 10.0. The van der Waals surface area contributed by atoms with E-state index < -0.39 is 11.3 Å². The summed E-state index contributed by atoms with van der Waals surface area (Å²) in [6.07, 6.45) is 1.36. The van der Waals surface area contributed by atoms with Crippen molar-refractivity contribution in [3.8, 4) is 5.69 Å². The number of rotatable bonds is 3. The fourth-order valence-electron chi connectivity index (χ4n) is 3.11. The van der Waals surface area contributed by atoms with Crippen molar-refractivity contribution in [3.05, 3.63) is 90.8 Å². The van der Waals surface area contributed by atoms with Crippen molar-refractivity contribution in [2.75, 3.05) is 0 Å². The van der Waals surface area contributed by atoms with E-state index in [1.807, 2.05) is 24.3 Å². The lowest BCUT2D eigenvalue weighted by Crippen LogP contribution is -2.23. The Bertz CT molecular complexity index is 1350. The van der Waals surface area contributed by atoms with Crippen LogP contribution >= 0.6 is 15.9 Å². The van der Waals surface area contributed by atoms with Crippen LogP contribution in [0.2, 0.25) is 0 Å². The summed E-state index contributed by atoms with van der Waals surface area (Å²) < 4.78 is 3.62. The molecule has 0 spiro atoms. The Morgan fingerprint density at radius 2 is 1.79 bits per heavy atom. The van der Waals surface area contributed by atoms with Gasteiger partial charge in [-0.2, -0.15) is 0 Å². The van der Waals surface area contributed by atoms with E-state index in [1.54, 1.807) is 19.1 Å². The molecule has 4 rings (SSSR count). The van der Waals surface area contributed by atoms with Crippen LogP contribution in [0.5, 0.6) is 0 Å². The average Bonchev–Trinajstić information content (AvgIpc) is 3.01. The number of benzene rings is 2. The number of aromatic nitrogens is 4. The number of halogens is 1. The van der Waals surface area contributed by atoms with E-state index in [1.165, 1.54) is 28.6 Å². The number of aryl methyl sites for hydroxylation is 2. The van der Waals surface area contributed by atoms with Gasteiger partial charge in [0.2, 0.25) is 0 Å². The Kier molecular flexibility index (Phi) is 4.35. The van der Waals surface area contributed by atoms with Gasteiger partial charge in [-0.3, -0.25) is 23.6 Å². The normalized spacial score (nSPS) is 11.1. The quantitative estimate of drug-likeness (QED) is 0.497. The number of nitrogens with zero attached hydrogens (tertiary/aromatic N) is 3. The van der Waals surface area contributed by atoms with E-state index in [9.17, 15) is 14.4 Å². The van der Waals surface area contributed by atoms with Crippen LogP contribution in [0, 0.1) is 6.92 Å². The molecule has 0 radical (unpaired) electrons. The fraction of sp³-hybridized carbons (Fsp3) is 0.100. The molecule has 140 valence electrons. The molecule has 0 aliphatic heterocycles. The first-order valence-corrected chi connectivity index (χ1v) is 9.24. The molecule has 7 nitrogen and oxygen atoms in total. The van der Waals surface area contributed by atoms with Gasteiger partial charge in [-0.25, -0.2) is 4.98 Å². The van der Waals surface area contributed by atoms with Gasteiger partial charge >= 0.3 is 0 Å². The molecule has 4 aromatic rings. The van der Waals surface area contributed by atoms with Gasteiger partial charge in [0.1, 0.15) is 11.4 Å². The minimum absolute atomic E-state index is 0.0233. The van der Waals surface area contributed by atoms with Gasteiger partial charge in [0.25, 0.3) is 11.1 Å². The Labute approximate surface area is 167 Å². The molecule has 0 saturated heterocycles. The molecule has 2 aromatic carbocycles. The van der Waals surface area contributed by atoms with Crippen LogP contribution in [0.15, 0.2) is 62.7 Å². The van der Waals surface area contributed by atoms with Gasteiger partial charge < -0.3 is 5.10 Å². The van der Waals surface area contributed by atoms with Crippen molar-refractivity contribution in [1.29, 1.82) is 0 Å². The first kappa shape index (κ1) is 18.1. The molecule has 0 unspecified atom stereocenters. The summed E-state index contributed by atoms with van der Waals surface area (Å²) in [4.78, 5) is 42.4. The van der Waals surface area contributed by atoms with Crippen molar-refractivity contribution in [3.63, 3.8) is 0 Å². The molecule has 28 heavy (non-hydrogen) atoms. The molecule has 0 aliphatic rings. The highest BCUT2D eigenvalue weighted by Crippen LogP contribution is 2.18. The maximum atomic E-state index is 13.1. The molecule has 1 N–H and O–H groups in total. The number of hydrogen-bond donors (Lipinski definition) is 1. The summed E-state index contributed by atoms with van der Waals surface area (Å²) in [5, 5.41) is 2.99. The molecule has 0 amide bonds. The van der Waals surface area contributed by atoms with Gasteiger partial charge in [-0.15, -0.1) is 0 Å². The van der Waals surface area contributed by atoms with Crippen molar-refractivity contribution < 1.29 is 4.79 Å². The molecule has 0 bridgehead atoms. The first-order chi connectivity index (χ1) is 13.4. The minimum Gasteiger partial charge on any atom is -0.302 e. The largest absolute Gasteiger partial charge is 0.302 e. The molecule has 0 saturated carbocycles. The summed E-state index contributed by atoms with van der Waals surface area (Å²) in [5.74, 6) is 0.0947. The topological polar surface area (TPSA) is 89.8 Å². The van der Waals surface area contributed by atoms with Crippen LogP contribution < -0.4 is 11.1 Å². The number of carbonyl (C=O) groups is 1. The summed E-state index contributed by atoms with van der Waals surface area (Å²) >= 11 is 3.38. The highest BCUT2D eigenvalue weighted by molar-refractivity contribution is 9.10. The van der Waals surface area contributed by atoms with E-state index in [2.05, 4.69) is 26.0 Å². The Morgan fingerprint density at radius 3 is 2.43 bits per heavy atom. The standard InChI is InChI=1S/C20H15BrN4O3/c1-11-23-17-8-3-12(18(26)16-10-22-24(2)19(16)27)9-15(17)20(28)25(11)14-6-4-13(21)5-7-14/h3-10,22H,1-2H3. The summed E-state index contributed by atoms with van der Waals surface area (Å²) in [5.41, 5.74) is 0.760. The zero-order valence-electron chi connectivity index (χ0n) is 15.1. The molecule has 0 fully saturated rings. The summed E-state index contributed by atoms with van der Waals surface area (Å²) in [6.45, 7) is 1.76. The minimum atomic E-state index is -0.445. The number of hydrogen-bond acceptors (Lipinski definition) is 4. The van der Waals surface area contributed by atoms with Gasteiger partial charge in [0, 0.05) is 23.3 Å². The smallest absolute Gasteiger partial charge is 0.277 e. The number of H-pyrrole nitrogens is 1. The van der Waals surface area contributed by atoms with Crippen LogP contribution in [0.1, 0.15) is 21.7 Å². The Balaban J connectivity index is 1.91. The van der Waals surface area contributed by atoms with Gasteiger partial charge in [0.05, 0.1) is 16.6 Å². The predicted octanol–water partition coefficient (Wildman–Crippen LogP) is 2.71. The lowest BCUT2D eigenvalue weighted by molar-refractivity contribution is 0.103. The van der Waals surface area contributed by atoms with E-state index in [0.717, 1.165) is 4.47 Å². The number of fused-ring (bicyclic) bond motifs is 1. The Morgan fingerprint density at radius 1 is 1.07 bits per heavy atom. The third-order valence-electron chi connectivity index (χ3n) is 4.57. The van der Waals surface area contributed by atoms with Crippen LogP contribution in [0.25, 0.3) is 16.6 Å². The van der Waals surface area contributed by atoms with Gasteiger partial charge in [0.15, 0.2) is 5.78 Å². The van der Waals surface area contributed by atoms with E-state index in [-0.39, 0.29) is 16.7 Å². The van der Waals surface area contributed by atoms with Crippen molar-refractivity contribution in [1.82, 2.24) is 19.3 Å². The summed E-state index contributed by atoms with van der Waals surface area (Å²) in [6, 6.07) is 12.0. The highest BCUT2D eigenvalue weighted by atomic mass is 79.9.